The van der Waals surface area contributed by atoms with Crippen LogP contribution in [0.2, 0.25) is 0 Å². The second-order valence-electron chi connectivity index (χ2n) is 3.70. The number of carbonyl (C=O) groups excluding carboxylic acids is 1. The number of oxazole rings is 1. The maximum atomic E-state index is 11.4. The van der Waals surface area contributed by atoms with Gasteiger partial charge in [-0.2, -0.15) is 0 Å². The number of aromatic nitrogens is 2. The highest BCUT2D eigenvalue weighted by molar-refractivity contribution is 5.85. The Morgan fingerprint density at radius 1 is 1.39 bits per heavy atom. The molecule has 0 amide bonds. The number of nitrogens with zero attached hydrogens (tertiary/aromatic N) is 2. The number of hydrogen-bond donors (Lipinski definition) is 0. The van der Waals surface area contributed by atoms with E-state index in [-0.39, 0.29) is 5.76 Å². The number of hydrogen-bond acceptors (Lipinski definition) is 5. The van der Waals surface area contributed by atoms with Gasteiger partial charge in [0.15, 0.2) is 5.89 Å². The molecule has 0 unspecified atom stereocenters. The average Bonchev–Trinajstić information content (AvgIpc) is 2.87. The van der Waals surface area contributed by atoms with Crippen LogP contribution in [-0.2, 0) is 17.6 Å². The van der Waals surface area contributed by atoms with Crippen molar-refractivity contribution in [2.75, 3.05) is 6.61 Å². The molecule has 94 valence electrons. The quantitative estimate of drug-likeness (QED) is 0.755. The summed E-state index contributed by atoms with van der Waals surface area (Å²) in [5, 5.41) is 0. The molecule has 2 rings (SSSR count). The molecule has 0 N–H and O–H groups in total. The maximum Gasteiger partial charge on any atom is 0.375 e. The van der Waals surface area contributed by atoms with Crippen molar-refractivity contribution >= 4 is 5.97 Å². The highest BCUT2D eigenvalue weighted by Gasteiger charge is 2.13. The molecule has 0 aliphatic heterocycles. The molecule has 0 spiro atoms. The summed E-state index contributed by atoms with van der Waals surface area (Å²) >= 11 is 0. The van der Waals surface area contributed by atoms with Crippen LogP contribution in [0, 0.1) is 0 Å². The molecule has 2 heterocycles. The summed E-state index contributed by atoms with van der Waals surface area (Å²) in [5.74, 6) is 0.206. The van der Waals surface area contributed by atoms with Gasteiger partial charge in [-0.1, -0.05) is 6.07 Å². The van der Waals surface area contributed by atoms with E-state index in [2.05, 4.69) is 9.97 Å². The largest absolute Gasteiger partial charge is 0.460 e. The Hall–Kier alpha value is -2.17. The van der Waals surface area contributed by atoms with Gasteiger partial charge in [-0.25, -0.2) is 9.78 Å². The first-order valence-corrected chi connectivity index (χ1v) is 5.80. The summed E-state index contributed by atoms with van der Waals surface area (Å²) in [6, 6.07) is 3.87. The first kappa shape index (κ1) is 12.3. The molecular weight excluding hydrogens is 232 g/mol. The first-order chi connectivity index (χ1) is 8.79. The minimum Gasteiger partial charge on any atom is -0.460 e. The number of rotatable bonds is 5. The zero-order valence-electron chi connectivity index (χ0n) is 10.1. The predicted molar refractivity (Wildman–Crippen MR) is 64.1 cm³/mol. The highest BCUT2D eigenvalue weighted by atomic mass is 16.5. The Kier molecular flexibility index (Phi) is 4.06. The highest BCUT2D eigenvalue weighted by Crippen LogP contribution is 2.09. The number of carbonyl (C=O) groups is 1. The first-order valence-electron chi connectivity index (χ1n) is 5.80. The minimum absolute atomic E-state index is 0.151. The summed E-state index contributed by atoms with van der Waals surface area (Å²) in [6.07, 6.45) is 6.33. The lowest BCUT2D eigenvalue weighted by molar-refractivity contribution is 0.0488. The third-order valence-corrected chi connectivity index (χ3v) is 2.38. The second-order valence-corrected chi connectivity index (χ2v) is 3.70. The van der Waals surface area contributed by atoms with Gasteiger partial charge in [0.05, 0.1) is 12.8 Å². The van der Waals surface area contributed by atoms with E-state index in [1.807, 2.05) is 12.1 Å². The smallest absolute Gasteiger partial charge is 0.375 e. The van der Waals surface area contributed by atoms with Gasteiger partial charge in [0.1, 0.15) is 0 Å². The topological polar surface area (TPSA) is 65.2 Å². The molecule has 0 bridgehead atoms. The summed E-state index contributed by atoms with van der Waals surface area (Å²) in [6.45, 7) is 2.07. The van der Waals surface area contributed by atoms with Crippen LogP contribution >= 0.6 is 0 Å². The molecule has 18 heavy (non-hydrogen) atoms. The Morgan fingerprint density at radius 2 is 2.28 bits per heavy atom. The molecule has 0 saturated heterocycles. The van der Waals surface area contributed by atoms with Gasteiger partial charge in [0, 0.05) is 18.8 Å². The van der Waals surface area contributed by atoms with Gasteiger partial charge in [-0.15, -0.1) is 0 Å². The summed E-state index contributed by atoms with van der Waals surface area (Å²) < 4.78 is 10.1. The van der Waals surface area contributed by atoms with E-state index in [0.29, 0.717) is 18.9 Å². The molecule has 0 fully saturated rings. The van der Waals surface area contributed by atoms with E-state index in [1.165, 1.54) is 6.20 Å². The Labute approximate surface area is 105 Å². The zero-order chi connectivity index (χ0) is 12.8. The van der Waals surface area contributed by atoms with Gasteiger partial charge in [-0.3, -0.25) is 4.98 Å². The van der Waals surface area contributed by atoms with E-state index in [1.54, 1.807) is 19.3 Å². The van der Waals surface area contributed by atoms with Crippen LogP contribution in [0.4, 0.5) is 0 Å². The lowest BCUT2D eigenvalue weighted by Crippen LogP contribution is -2.02. The van der Waals surface area contributed by atoms with Crippen molar-refractivity contribution in [2.45, 2.75) is 19.8 Å². The third-order valence-electron chi connectivity index (χ3n) is 2.38. The summed E-state index contributed by atoms with van der Waals surface area (Å²) in [4.78, 5) is 19.4. The van der Waals surface area contributed by atoms with Crippen LogP contribution in [0.1, 0.15) is 28.9 Å². The molecule has 5 heteroatoms. The summed E-state index contributed by atoms with van der Waals surface area (Å²) in [5.41, 5.74) is 1.10. The van der Waals surface area contributed by atoms with Crippen molar-refractivity contribution in [3.8, 4) is 0 Å². The van der Waals surface area contributed by atoms with Crippen LogP contribution < -0.4 is 0 Å². The lowest BCUT2D eigenvalue weighted by atomic mass is 10.2. The van der Waals surface area contributed by atoms with Gasteiger partial charge in [0.2, 0.25) is 5.76 Å². The molecule has 0 aliphatic rings. The Bertz CT molecular complexity index is 508. The predicted octanol–water partition coefficient (Wildman–Crippen LogP) is 2.03. The van der Waals surface area contributed by atoms with Crippen molar-refractivity contribution in [1.29, 1.82) is 0 Å². The van der Waals surface area contributed by atoms with Gasteiger partial charge in [-0.05, 0) is 25.0 Å². The molecule has 0 saturated carbocycles. The van der Waals surface area contributed by atoms with Crippen LogP contribution in [-0.4, -0.2) is 22.5 Å². The molecule has 0 aromatic carbocycles. The van der Waals surface area contributed by atoms with Crippen LogP contribution in [0.15, 0.2) is 35.1 Å². The Morgan fingerprint density at radius 3 is 3.00 bits per heavy atom. The fraction of sp³-hybridized carbons (Fsp3) is 0.308. The SMILES string of the molecule is CCOC(=O)c1cnc(CCc2cccnc2)o1. The maximum absolute atomic E-state index is 11.4. The summed E-state index contributed by atoms with van der Waals surface area (Å²) in [7, 11) is 0. The molecule has 2 aromatic heterocycles. The van der Waals surface area contributed by atoms with Crippen LogP contribution in [0.25, 0.3) is 0 Å². The zero-order valence-corrected chi connectivity index (χ0v) is 10.1. The van der Waals surface area contributed by atoms with Crippen molar-refractivity contribution in [1.82, 2.24) is 9.97 Å². The van der Waals surface area contributed by atoms with Crippen molar-refractivity contribution in [3.63, 3.8) is 0 Å². The molecule has 0 radical (unpaired) electrons. The molecule has 2 aromatic rings. The molecule has 5 nitrogen and oxygen atoms in total. The number of esters is 1. The fourth-order valence-corrected chi connectivity index (χ4v) is 1.52. The third kappa shape index (κ3) is 3.16. The molecule has 0 aliphatic carbocycles. The fourth-order valence-electron chi connectivity index (χ4n) is 1.52. The normalized spacial score (nSPS) is 10.3. The van der Waals surface area contributed by atoms with Crippen molar-refractivity contribution < 1.29 is 13.9 Å². The van der Waals surface area contributed by atoms with Gasteiger partial charge in [0.25, 0.3) is 0 Å². The van der Waals surface area contributed by atoms with E-state index >= 15 is 0 Å². The van der Waals surface area contributed by atoms with E-state index < -0.39 is 5.97 Å². The van der Waals surface area contributed by atoms with Crippen LogP contribution in [0.3, 0.4) is 0 Å². The van der Waals surface area contributed by atoms with E-state index in [4.69, 9.17) is 9.15 Å². The Balaban J connectivity index is 1.93. The van der Waals surface area contributed by atoms with Crippen molar-refractivity contribution in [3.05, 3.63) is 47.9 Å². The van der Waals surface area contributed by atoms with Gasteiger partial charge >= 0.3 is 5.97 Å². The number of ether oxygens (including phenoxy) is 1. The van der Waals surface area contributed by atoms with E-state index in [9.17, 15) is 4.79 Å². The monoisotopic (exact) mass is 246 g/mol. The average molecular weight is 246 g/mol. The number of aryl methyl sites for hydroxylation is 2. The van der Waals surface area contributed by atoms with Gasteiger partial charge < -0.3 is 9.15 Å². The van der Waals surface area contributed by atoms with E-state index in [0.717, 1.165) is 12.0 Å². The van der Waals surface area contributed by atoms with Crippen molar-refractivity contribution in [2.24, 2.45) is 0 Å². The molecular formula is C13H14N2O3. The molecule has 0 atom stereocenters. The van der Waals surface area contributed by atoms with Crippen LogP contribution in [0.5, 0.6) is 0 Å². The number of pyridine rings is 1. The minimum atomic E-state index is -0.474. The lowest BCUT2D eigenvalue weighted by Gasteiger charge is -1.98. The second kappa shape index (κ2) is 5.95. The standard InChI is InChI=1S/C13H14N2O3/c1-2-17-13(16)11-9-15-12(18-11)6-5-10-4-3-7-14-8-10/h3-4,7-9H,2,5-6H2,1H3.